The average molecular weight is 631 g/mol. The molecule has 5 rings (SSSR count). The molecule has 0 aliphatic heterocycles. The minimum absolute atomic E-state index is 0.227. The molecule has 14 heteroatoms. The van der Waals surface area contributed by atoms with Gasteiger partial charge in [-0.2, -0.15) is 13.2 Å². The number of hydrogen-bond acceptors (Lipinski definition) is 8. The first-order valence-corrected chi connectivity index (χ1v) is 14.3. The molecular formula is C29H26ClF3N6O3S. The molecule has 0 atom stereocenters. The van der Waals surface area contributed by atoms with Gasteiger partial charge in [0.2, 0.25) is 0 Å². The van der Waals surface area contributed by atoms with Crippen LogP contribution in [0.15, 0.2) is 66.4 Å². The molecule has 3 aromatic heterocycles. The molecule has 0 aliphatic carbocycles. The highest BCUT2D eigenvalue weighted by Crippen LogP contribution is 2.37. The first-order valence-electron chi connectivity index (χ1n) is 13.0. The summed E-state index contributed by atoms with van der Waals surface area (Å²) in [5.74, 6) is 1.27. The number of fused-ring (bicyclic) bond motifs is 1. The highest BCUT2D eigenvalue weighted by molar-refractivity contribution is 7.13. The predicted octanol–water partition coefficient (Wildman–Crippen LogP) is 8.29. The van der Waals surface area contributed by atoms with E-state index >= 15 is 0 Å². The van der Waals surface area contributed by atoms with E-state index in [2.05, 4.69) is 25.6 Å². The van der Waals surface area contributed by atoms with Crippen LogP contribution in [0.25, 0.3) is 21.6 Å². The van der Waals surface area contributed by atoms with Crippen molar-refractivity contribution >= 4 is 51.6 Å². The van der Waals surface area contributed by atoms with Gasteiger partial charge in [0.15, 0.2) is 11.5 Å². The molecule has 0 bridgehead atoms. The largest absolute Gasteiger partial charge is 0.456 e. The molecule has 5 aromatic rings. The van der Waals surface area contributed by atoms with Crippen LogP contribution in [0.3, 0.4) is 0 Å². The van der Waals surface area contributed by atoms with Crippen molar-refractivity contribution in [1.29, 1.82) is 0 Å². The Hall–Kier alpha value is -4.36. The first kappa shape index (κ1) is 30.1. The molecule has 0 radical (unpaired) electrons. The summed E-state index contributed by atoms with van der Waals surface area (Å²) in [6, 6.07) is 13.6. The van der Waals surface area contributed by atoms with Crippen molar-refractivity contribution in [3.05, 3.63) is 77.2 Å². The van der Waals surface area contributed by atoms with Gasteiger partial charge in [-0.25, -0.2) is 19.7 Å². The maximum Gasteiger partial charge on any atom is 0.434 e. The summed E-state index contributed by atoms with van der Waals surface area (Å²) in [7, 11) is 0. The smallest absolute Gasteiger partial charge is 0.434 e. The van der Waals surface area contributed by atoms with Gasteiger partial charge in [0, 0.05) is 35.9 Å². The zero-order chi connectivity index (χ0) is 30.8. The van der Waals surface area contributed by atoms with Crippen LogP contribution >= 0.6 is 22.9 Å². The van der Waals surface area contributed by atoms with E-state index in [9.17, 15) is 18.0 Å². The van der Waals surface area contributed by atoms with Crippen molar-refractivity contribution in [3.8, 4) is 22.1 Å². The maximum absolute atomic E-state index is 13.0. The number of ether oxygens (including phenoxy) is 2. The number of carbonyl (C=O) groups excluding carboxylic acids is 1. The van der Waals surface area contributed by atoms with Crippen LogP contribution < -0.4 is 15.4 Å². The van der Waals surface area contributed by atoms with Crippen LogP contribution in [0, 0.1) is 0 Å². The lowest BCUT2D eigenvalue weighted by molar-refractivity contribution is -0.140. The number of nitrogens with one attached hydrogen (secondary N) is 2. The second kappa shape index (κ2) is 12.1. The van der Waals surface area contributed by atoms with Crippen molar-refractivity contribution in [3.63, 3.8) is 0 Å². The molecule has 0 spiro atoms. The second-order valence-corrected chi connectivity index (χ2v) is 11.6. The summed E-state index contributed by atoms with van der Waals surface area (Å²) in [5.41, 5.74) is 1.04. The van der Waals surface area contributed by atoms with Gasteiger partial charge in [0.05, 0.1) is 10.5 Å². The topological polar surface area (TPSA) is 103 Å². The highest BCUT2D eigenvalue weighted by Gasteiger charge is 2.33. The van der Waals surface area contributed by atoms with E-state index in [1.807, 2.05) is 16.8 Å². The third kappa shape index (κ3) is 7.54. The molecule has 2 N–H and O–H groups in total. The van der Waals surface area contributed by atoms with Crippen LogP contribution in [0.1, 0.15) is 26.5 Å². The molecule has 0 fully saturated rings. The lowest BCUT2D eigenvalue weighted by Crippen LogP contribution is -2.34. The molecule has 0 unspecified atom stereocenters. The van der Waals surface area contributed by atoms with Gasteiger partial charge in [-0.1, -0.05) is 23.7 Å². The average Bonchev–Trinajstić information content (AvgIpc) is 3.58. The summed E-state index contributed by atoms with van der Waals surface area (Å²) in [4.78, 5) is 24.4. The van der Waals surface area contributed by atoms with E-state index in [1.165, 1.54) is 6.33 Å². The Morgan fingerprint density at radius 2 is 1.91 bits per heavy atom. The Labute approximate surface area is 253 Å². The predicted molar refractivity (Wildman–Crippen MR) is 159 cm³/mol. The summed E-state index contributed by atoms with van der Waals surface area (Å²) < 4.78 is 52.1. The second-order valence-electron chi connectivity index (χ2n) is 10.3. The zero-order valence-electron chi connectivity index (χ0n) is 23.2. The summed E-state index contributed by atoms with van der Waals surface area (Å²) in [5, 5.41) is 7.51. The molecule has 0 saturated heterocycles. The van der Waals surface area contributed by atoms with Gasteiger partial charge in [-0.15, -0.1) is 11.3 Å². The van der Waals surface area contributed by atoms with Gasteiger partial charge in [-0.05, 0) is 57.2 Å². The lowest BCUT2D eigenvalue weighted by Gasteiger charge is -2.19. The molecule has 1 amide bonds. The number of alkyl halides is 3. The molecule has 224 valence electrons. The van der Waals surface area contributed by atoms with Crippen LogP contribution in [0.4, 0.5) is 29.5 Å². The Bertz CT molecular complexity index is 1770. The summed E-state index contributed by atoms with van der Waals surface area (Å²) in [6.45, 7) is 6.18. The monoisotopic (exact) mass is 630 g/mol. The van der Waals surface area contributed by atoms with Gasteiger partial charge >= 0.3 is 12.3 Å². The van der Waals surface area contributed by atoms with Gasteiger partial charge in [0.1, 0.15) is 34.0 Å². The van der Waals surface area contributed by atoms with E-state index in [-0.39, 0.29) is 5.01 Å². The maximum atomic E-state index is 13.0. The third-order valence-corrected chi connectivity index (χ3v) is 7.06. The highest BCUT2D eigenvalue weighted by atomic mass is 35.5. The van der Waals surface area contributed by atoms with Crippen molar-refractivity contribution in [2.24, 2.45) is 0 Å². The zero-order valence-corrected chi connectivity index (χ0v) is 24.8. The van der Waals surface area contributed by atoms with Crippen molar-refractivity contribution in [1.82, 2.24) is 24.8 Å². The minimum Gasteiger partial charge on any atom is -0.456 e. The Balaban J connectivity index is 1.28. The molecule has 43 heavy (non-hydrogen) atoms. The van der Waals surface area contributed by atoms with E-state index in [4.69, 9.17) is 21.1 Å². The molecule has 2 aromatic carbocycles. The quantitative estimate of drug-likeness (QED) is 0.178. The normalized spacial score (nSPS) is 11.9. The van der Waals surface area contributed by atoms with Crippen molar-refractivity contribution < 1.29 is 27.4 Å². The van der Waals surface area contributed by atoms with Crippen molar-refractivity contribution in [2.45, 2.75) is 39.1 Å². The number of thiazole rings is 1. The fourth-order valence-corrected chi connectivity index (χ4v) is 5.10. The van der Waals surface area contributed by atoms with Crippen LogP contribution in [-0.2, 0) is 17.5 Å². The number of carbonyl (C=O) groups is 1. The fraction of sp³-hybridized carbons (Fsp3) is 0.241. The standard InChI is InChI=1S/C29H26ClF3N6O3S/c1-28(2,3)42-27(40)34-10-12-39-11-9-21-24(39)25(36-16-35-21)37-18-7-8-22(20(30)14-18)41-19-6-4-5-17(13-19)26-38-23(15-43-26)29(31,32)33/h4-9,11,13-16H,10,12H2,1-3H3,(H,34,40)(H,35,36,37). The molecule has 9 nitrogen and oxygen atoms in total. The molecule has 0 aliphatic rings. The molecule has 3 heterocycles. The van der Waals surface area contributed by atoms with E-state index in [0.717, 1.165) is 22.2 Å². The molecular weight excluding hydrogens is 605 g/mol. The van der Waals surface area contributed by atoms with Gasteiger partial charge in [0.25, 0.3) is 0 Å². The number of benzene rings is 2. The van der Waals surface area contributed by atoms with Gasteiger partial charge < -0.3 is 24.7 Å². The summed E-state index contributed by atoms with van der Waals surface area (Å²) >= 11 is 7.44. The SMILES string of the molecule is CC(C)(C)OC(=O)NCCn1ccc2ncnc(Nc3ccc(Oc4cccc(-c5nc(C(F)(F)F)cs5)c4)c(Cl)c3)c21. The van der Waals surface area contributed by atoms with Crippen LogP contribution in [-0.4, -0.2) is 37.8 Å². The number of alkyl carbamates (subject to hydrolysis) is 1. The van der Waals surface area contributed by atoms with Gasteiger partial charge in [-0.3, -0.25) is 0 Å². The van der Waals surface area contributed by atoms with Crippen molar-refractivity contribution in [2.75, 3.05) is 11.9 Å². The van der Waals surface area contributed by atoms with Crippen LogP contribution in [0.5, 0.6) is 11.5 Å². The Morgan fingerprint density at radius 1 is 1.09 bits per heavy atom. The number of amides is 1. The lowest BCUT2D eigenvalue weighted by atomic mass is 10.2. The number of anilines is 2. The number of halogens is 4. The number of hydrogen-bond donors (Lipinski definition) is 2. The minimum atomic E-state index is -4.51. The van der Waals surface area contributed by atoms with E-state index in [1.54, 1.807) is 63.2 Å². The molecule has 0 saturated carbocycles. The fourth-order valence-electron chi connectivity index (χ4n) is 4.06. The first-order chi connectivity index (χ1) is 20.4. The number of rotatable bonds is 8. The van der Waals surface area contributed by atoms with E-state index < -0.39 is 23.6 Å². The summed E-state index contributed by atoms with van der Waals surface area (Å²) in [6.07, 6.45) is -1.71. The Kier molecular flexibility index (Phi) is 8.47. The van der Waals surface area contributed by atoms with E-state index in [0.29, 0.717) is 52.2 Å². The van der Waals surface area contributed by atoms with Crippen LogP contribution in [0.2, 0.25) is 5.02 Å². The number of aromatic nitrogens is 4. The number of nitrogens with zero attached hydrogens (tertiary/aromatic N) is 4. The third-order valence-electron chi connectivity index (χ3n) is 5.87. The Morgan fingerprint density at radius 3 is 2.63 bits per heavy atom.